The molecule has 0 fully saturated rings. The largest absolute Gasteiger partial charge is 0.455 e. The first-order chi connectivity index (χ1) is 32.3. The van der Waals surface area contributed by atoms with Gasteiger partial charge in [-0.3, -0.25) is 0 Å². The van der Waals surface area contributed by atoms with Crippen molar-refractivity contribution in [2.24, 2.45) is 0 Å². The van der Waals surface area contributed by atoms with Crippen LogP contribution in [0.5, 0.6) is 0 Å². The zero-order valence-corrected chi connectivity index (χ0v) is 35.4. The fourth-order valence-corrected chi connectivity index (χ4v) is 10.3. The van der Waals surface area contributed by atoms with E-state index in [4.69, 9.17) is 4.42 Å². The number of hydrogen-bond donors (Lipinski definition) is 0. The zero-order chi connectivity index (χ0) is 42.8. The molecule has 3 heteroatoms. The molecule has 0 saturated carbocycles. The van der Waals surface area contributed by atoms with Gasteiger partial charge in [0.25, 0.3) is 0 Å². The minimum atomic E-state index is 0.901. The fourth-order valence-electron chi connectivity index (χ4n) is 10.3. The van der Waals surface area contributed by atoms with Crippen molar-refractivity contribution in [3.8, 4) is 39.1 Å². The summed E-state index contributed by atoms with van der Waals surface area (Å²) in [5, 5.41) is 9.61. The van der Waals surface area contributed by atoms with Gasteiger partial charge in [0.05, 0.1) is 22.4 Å². The maximum Gasteiger partial charge on any atom is 0.143 e. The number of para-hydroxylation sites is 5. The molecule has 0 bridgehead atoms. The topological polar surface area (TPSA) is 21.3 Å². The lowest BCUT2D eigenvalue weighted by Gasteiger charge is -2.28. The highest BCUT2D eigenvalue weighted by atomic mass is 16.3. The fraction of sp³-hybridized carbons (Fsp3) is 0. The normalized spacial score (nSPS) is 11.7. The molecule has 2 aromatic heterocycles. The van der Waals surface area contributed by atoms with Crippen molar-refractivity contribution in [3.05, 3.63) is 243 Å². The van der Waals surface area contributed by atoms with Gasteiger partial charge in [-0.1, -0.05) is 188 Å². The van der Waals surface area contributed by atoms with Crippen molar-refractivity contribution < 1.29 is 4.42 Å². The van der Waals surface area contributed by atoms with Crippen LogP contribution in [0.3, 0.4) is 0 Å². The van der Waals surface area contributed by atoms with Crippen molar-refractivity contribution in [1.82, 2.24) is 4.57 Å². The van der Waals surface area contributed by atoms with Crippen LogP contribution in [0.1, 0.15) is 0 Å². The van der Waals surface area contributed by atoms with Gasteiger partial charge < -0.3 is 13.9 Å². The molecular formula is C62H40N2O. The zero-order valence-electron chi connectivity index (χ0n) is 35.4. The molecule has 0 aliphatic carbocycles. The maximum absolute atomic E-state index is 6.49. The number of anilines is 3. The Labute approximate surface area is 376 Å². The lowest BCUT2D eigenvalue weighted by Crippen LogP contribution is -2.11. The summed E-state index contributed by atoms with van der Waals surface area (Å²) in [4.78, 5) is 2.43. The van der Waals surface area contributed by atoms with E-state index in [1.807, 2.05) is 12.1 Å². The first kappa shape index (κ1) is 36.9. The molecule has 0 unspecified atom stereocenters. The van der Waals surface area contributed by atoms with Gasteiger partial charge in [-0.15, -0.1) is 0 Å². The van der Waals surface area contributed by atoms with Gasteiger partial charge >= 0.3 is 0 Å². The molecule has 0 atom stereocenters. The van der Waals surface area contributed by atoms with Crippen LogP contribution in [0.25, 0.3) is 104 Å². The molecule has 304 valence electrons. The van der Waals surface area contributed by atoms with Crippen LogP contribution in [0.15, 0.2) is 247 Å². The van der Waals surface area contributed by atoms with Gasteiger partial charge in [0, 0.05) is 49.4 Å². The van der Waals surface area contributed by atoms with Gasteiger partial charge in [-0.2, -0.15) is 0 Å². The molecule has 0 N–H and O–H groups in total. The first-order valence-electron chi connectivity index (χ1n) is 22.3. The van der Waals surface area contributed by atoms with E-state index in [1.54, 1.807) is 0 Å². The molecule has 11 aromatic carbocycles. The van der Waals surface area contributed by atoms with Gasteiger partial charge in [-0.05, 0) is 93.0 Å². The molecule has 13 aromatic rings. The minimum Gasteiger partial charge on any atom is -0.455 e. The molecule has 13 rings (SSSR count). The van der Waals surface area contributed by atoms with Crippen LogP contribution in [0, 0.1) is 0 Å². The molecule has 0 amide bonds. The molecule has 0 spiro atoms. The third-order valence-electron chi connectivity index (χ3n) is 13.2. The second-order valence-electron chi connectivity index (χ2n) is 16.8. The Morgan fingerprint density at radius 1 is 0.323 bits per heavy atom. The summed E-state index contributed by atoms with van der Waals surface area (Å²) in [5.41, 5.74) is 15.4. The van der Waals surface area contributed by atoms with Gasteiger partial charge in [0.15, 0.2) is 0 Å². The van der Waals surface area contributed by atoms with Crippen molar-refractivity contribution in [2.75, 3.05) is 4.90 Å². The second kappa shape index (κ2) is 15.0. The van der Waals surface area contributed by atoms with E-state index >= 15 is 0 Å². The summed E-state index contributed by atoms with van der Waals surface area (Å²) >= 11 is 0. The van der Waals surface area contributed by atoms with Gasteiger partial charge in [0.2, 0.25) is 0 Å². The van der Waals surface area contributed by atoms with E-state index < -0.39 is 0 Å². The summed E-state index contributed by atoms with van der Waals surface area (Å²) in [6, 6.07) is 87.8. The maximum atomic E-state index is 6.49. The predicted molar refractivity (Wildman–Crippen MR) is 274 cm³/mol. The molecule has 3 nitrogen and oxygen atoms in total. The average molecular weight is 829 g/mol. The Morgan fingerprint density at radius 2 is 0.892 bits per heavy atom. The van der Waals surface area contributed by atoms with Crippen LogP contribution in [-0.2, 0) is 0 Å². The highest BCUT2D eigenvalue weighted by molar-refractivity contribution is 6.15. The highest BCUT2D eigenvalue weighted by Gasteiger charge is 2.21. The Balaban J connectivity index is 0.988. The summed E-state index contributed by atoms with van der Waals surface area (Å²) < 4.78 is 8.92. The Morgan fingerprint density at radius 3 is 1.68 bits per heavy atom. The standard InChI is InChI=1S/C62H40N2O/c1-2-20-47-43(17-1)40-60(52-25-6-5-23-50(47)52)63(44-37-35-41(36-38-44)48-29-16-30-56-55-28-10-14-34-61(55)65-62(48)56)45-19-15-18-42(39-45)46-21-3-4-22-49(46)51-24-7-11-31-57(51)64-58-32-12-8-26-53(58)54-27-9-13-33-59(54)64/h1-40H. The monoisotopic (exact) mass is 828 g/mol. The molecule has 2 heterocycles. The van der Waals surface area contributed by atoms with E-state index in [0.717, 1.165) is 61.4 Å². The van der Waals surface area contributed by atoms with E-state index in [9.17, 15) is 0 Å². The van der Waals surface area contributed by atoms with Crippen molar-refractivity contribution >= 4 is 82.4 Å². The molecule has 65 heavy (non-hydrogen) atoms. The number of rotatable bonds is 7. The average Bonchev–Trinajstić information content (AvgIpc) is 3.93. The Bertz CT molecular complexity index is 3910. The highest BCUT2D eigenvalue weighted by Crippen LogP contribution is 2.46. The predicted octanol–water partition coefficient (Wildman–Crippen LogP) is 17.5. The second-order valence-corrected chi connectivity index (χ2v) is 16.8. The summed E-state index contributed by atoms with van der Waals surface area (Å²) in [5.74, 6) is 0. The third kappa shape index (κ3) is 5.97. The summed E-state index contributed by atoms with van der Waals surface area (Å²) in [6.07, 6.45) is 0. The van der Waals surface area contributed by atoms with E-state index in [2.05, 4.69) is 240 Å². The first-order valence-corrected chi connectivity index (χ1v) is 22.3. The van der Waals surface area contributed by atoms with Crippen LogP contribution < -0.4 is 4.90 Å². The van der Waals surface area contributed by atoms with Crippen molar-refractivity contribution in [2.45, 2.75) is 0 Å². The van der Waals surface area contributed by atoms with Crippen LogP contribution in [0.4, 0.5) is 17.1 Å². The van der Waals surface area contributed by atoms with E-state index in [-0.39, 0.29) is 0 Å². The number of nitrogens with zero attached hydrogens (tertiary/aromatic N) is 2. The molecule has 0 aliphatic rings. The number of aromatic nitrogens is 1. The Kier molecular flexibility index (Phi) is 8.53. The Hall–Kier alpha value is -8.66. The van der Waals surface area contributed by atoms with Gasteiger partial charge in [0.1, 0.15) is 11.2 Å². The smallest absolute Gasteiger partial charge is 0.143 e. The van der Waals surface area contributed by atoms with E-state index in [0.29, 0.717) is 0 Å². The van der Waals surface area contributed by atoms with Crippen LogP contribution >= 0.6 is 0 Å². The molecule has 0 saturated heterocycles. The summed E-state index contributed by atoms with van der Waals surface area (Å²) in [7, 11) is 0. The quantitative estimate of drug-likeness (QED) is 0.149. The lowest BCUT2D eigenvalue weighted by atomic mass is 9.93. The summed E-state index contributed by atoms with van der Waals surface area (Å²) in [6.45, 7) is 0. The van der Waals surface area contributed by atoms with Gasteiger partial charge in [-0.25, -0.2) is 0 Å². The number of hydrogen-bond acceptors (Lipinski definition) is 2. The van der Waals surface area contributed by atoms with Crippen LogP contribution in [0.2, 0.25) is 0 Å². The molecular weight excluding hydrogens is 789 g/mol. The number of fused-ring (bicyclic) bond motifs is 9. The SMILES string of the molecule is c1cc(-c2ccccc2-c2ccccc2-n2c3ccccc3c3ccccc32)cc(N(c2ccc(-c3cccc4c3oc3ccccc34)cc2)c2cc3ccccc3c3ccccc23)c1. The minimum absolute atomic E-state index is 0.901. The third-order valence-corrected chi connectivity index (χ3v) is 13.2. The number of benzene rings is 11. The number of furan rings is 1. The van der Waals surface area contributed by atoms with E-state index in [1.165, 1.54) is 60.0 Å². The lowest BCUT2D eigenvalue weighted by molar-refractivity contribution is 0.670. The van der Waals surface area contributed by atoms with Crippen molar-refractivity contribution in [3.63, 3.8) is 0 Å². The van der Waals surface area contributed by atoms with Crippen LogP contribution in [-0.4, -0.2) is 4.57 Å². The molecule has 0 radical (unpaired) electrons. The molecule has 0 aliphatic heterocycles. The van der Waals surface area contributed by atoms with Crippen molar-refractivity contribution in [1.29, 1.82) is 0 Å².